The summed E-state index contributed by atoms with van der Waals surface area (Å²) in [7, 11) is 2.10. The third kappa shape index (κ3) is 3.51. The molecule has 2 N–H and O–H groups in total. The number of hydrogen-bond acceptors (Lipinski definition) is 6. The predicted octanol–water partition coefficient (Wildman–Crippen LogP) is 1.33. The van der Waals surface area contributed by atoms with Crippen LogP contribution in [0.5, 0.6) is 0 Å². The van der Waals surface area contributed by atoms with Gasteiger partial charge in [-0.3, -0.25) is 9.69 Å². The predicted molar refractivity (Wildman–Crippen MR) is 112 cm³/mol. The number of carbonyl (C=O) groups is 2. The zero-order valence-corrected chi connectivity index (χ0v) is 17.9. The Labute approximate surface area is 175 Å². The van der Waals surface area contributed by atoms with E-state index in [1.165, 1.54) is 4.90 Å². The highest BCUT2D eigenvalue weighted by atomic mass is 32.2. The Kier molecular flexibility index (Phi) is 5.52. The summed E-state index contributed by atoms with van der Waals surface area (Å²) in [6, 6.07) is 0.0798. The summed E-state index contributed by atoms with van der Waals surface area (Å²) in [5.41, 5.74) is 0.124. The van der Waals surface area contributed by atoms with Gasteiger partial charge in [0.25, 0.3) is 0 Å². The first-order valence-electron chi connectivity index (χ1n) is 10.2. The number of carboxylic acids is 1. The van der Waals surface area contributed by atoms with Crippen molar-refractivity contribution in [2.45, 2.75) is 43.7 Å². The standard InChI is InChI=1S/C21H29N3O4S/c1-12-17-16(13(2)25)20(26)24(17)18(21(27)28)19(12)29-15-10-14(22(3)11-15)6-9-23-7-4-5-8-23/h4-6,9,12-17,25H,7-8,10-11H2,1-3H3,(H,27,28)/b9-6+/t12?,13-,14-,15?,16-,17?/m1/s1. The van der Waals surface area contributed by atoms with Gasteiger partial charge in [-0.05, 0) is 26.6 Å². The van der Waals surface area contributed by atoms with Crippen LogP contribution in [0.4, 0.5) is 0 Å². The lowest BCUT2D eigenvalue weighted by atomic mass is 9.79. The quantitative estimate of drug-likeness (QED) is 0.496. The van der Waals surface area contributed by atoms with E-state index in [4.69, 9.17) is 0 Å². The molecule has 0 aromatic carbocycles. The molecule has 4 aliphatic rings. The topological polar surface area (TPSA) is 84.3 Å². The van der Waals surface area contributed by atoms with Gasteiger partial charge in [-0.15, -0.1) is 11.8 Å². The first-order chi connectivity index (χ1) is 13.8. The second kappa shape index (κ2) is 7.81. The molecule has 3 unspecified atom stereocenters. The van der Waals surface area contributed by atoms with Crippen LogP contribution < -0.4 is 0 Å². The fourth-order valence-electron chi connectivity index (χ4n) is 4.99. The number of hydrogen-bond donors (Lipinski definition) is 2. The average molecular weight is 420 g/mol. The van der Waals surface area contributed by atoms with E-state index in [1.807, 2.05) is 6.92 Å². The Morgan fingerprint density at radius 1 is 1.34 bits per heavy atom. The van der Waals surface area contributed by atoms with Crippen LogP contribution in [0.3, 0.4) is 0 Å². The van der Waals surface area contributed by atoms with E-state index in [9.17, 15) is 19.8 Å². The van der Waals surface area contributed by atoms with Crippen LogP contribution in [0.2, 0.25) is 0 Å². The van der Waals surface area contributed by atoms with E-state index in [1.54, 1.807) is 18.7 Å². The summed E-state index contributed by atoms with van der Waals surface area (Å²) < 4.78 is 0. The number of aliphatic hydroxyl groups is 1. The van der Waals surface area contributed by atoms with Crippen molar-refractivity contribution < 1.29 is 19.8 Å². The van der Waals surface area contributed by atoms with Crippen molar-refractivity contribution in [3.05, 3.63) is 35.0 Å². The number of carbonyl (C=O) groups excluding carboxylic acids is 1. The lowest BCUT2D eigenvalue weighted by Gasteiger charge is -2.46. The number of thioether (sulfide) groups is 1. The lowest BCUT2D eigenvalue weighted by molar-refractivity contribution is -0.163. The monoisotopic (exact) mass is 419 g/mol. The average Bonchev–Trinajstić information content (AvgIpc) is 3.33. The number of nitrogens with zero attached hydrogens (tertiary/aromatic N) is 3. The molecule has 7 nitrogen and oxygen atoms in total. The minimum atomic E-state index is -1.05. The molecular formula is C21H29N3O4S. The zero-order chi connectivity index (χ0) is 20.9. The maximum absolute atomic E-state index is 12.5. The molecule has 4 heterocycles. The van der Waals surface area contributed by atoms with Gasteiger partial charge in [0, 0.05) is 41.7 Å². The van der Waals surface area contributed by atoms with Gasteiger partial charge in [-0.25, -0.2) is 4.79 Å². The fraction of sp³-hybridized carbons (Fsp3) is 0.619. The van der Waals surface area contributed by atoms with Crippen molar-refractivity contribution >= 4 is 23.6 Å². The van der Waals surface area contributed by atoms with Gasteiger partial charge in [-0.2, -0.15) is 0 Å². The van der Waals surface area contributed by atoms with Crippen LogP contribution in [0, 0.1) is 11.8 Å². The molecule has 1 amide bonds. The van der Waals surface area contributed by atoms with Crippen molar-refractivity contribution in [1.29, 1.82) is 0 Å². The maximum Gasteiger partial charge on any atom is 0.353 e. The van der Waals surface area contributed by atoms with E-state index in [0.717, 1.165) is 31.0 Å². The van der Waals surface area contributed by atoms with E-state index in [2.05, 4.69) is 41.3 Å². The number of fused-ring (bicyclic) bond motifs is 1. The third-order valence-electron chi connectivity index (χ3n) is 6.53. The molecule has 6 atom stereocenters. The highest BCUT2D eigenvalue weighted by Gasteiger charge is 2.60. The first-order valence-corrected chi connectivity index (χ1v) is 11.1. The van der Waals surface area contributed by atoms with Crippen molar-refractivity contribution in [3.8, 4) is 0 Å². The summed E-state index contributed by atoms with van der Waals surface area (Å²) in [5.74, 6) is -1.90. The highest BCUT2D eigenvalue weighted by Crippen LogP contribution is 2.52. The van der Waals surface area contributed by atoms with Crippen molar-refractivity contribution in [3.63, 3.8) is 0 Å². The van der Waals surface area contributed by atoms with Crippen molar-refractivity contribution in [2.75, 3.05) is 26.7 Å². The highest BCUT2D eigenvalue weighted by molar-refractivity contribution is 8.03. The summed E-state index contributed by atoms with van der Waals surface area (Å²) in [6.07, 6.45) is 8.89. The minimum Gasteiger partial charge on any atom is -0.477 e. The Bertz CT molecular complexity index is 785. The second-order valence-electron chi connectivity index (χ2n) is 8.52. The van der Waals surface area contributed by atoms with Gasteiger partial charge in [0.2, 0.25) is 5.91 Å². The summed E-state index contributed by atoms with van der Waals surface area (Å²) in [6.45, 7) is 6.37. The molecule has 0 radical (unpaired) electrons. The Morgan fingerprint density at radius 3 is 2.66 bits per heavy atom. The van der Waals surface area contributed by atoms with Gasteiger partial charge >= 0.3 is 5.97 Å². The van der Waals surface area contributed by atoms with Crippen molar-refractivity contribution in [2.24, 2.45) is 11.8 Å². The van der Waals surface area contributed by atoms with Gasteiger partial charge in [0.15, 0.2) is 0 Å². The normalized spacial score (nSPS) is 35.7. The van der Waals surface area contributed by atoms with E-state index >= 15 is 0 Å². The molecule has 158 valence electrons. The molecular weight excluding hydrogens is 390 g/mol. The molecule has 0 aliphatic carbocycles. The van der Waals surface area contributed by atoms with Gasteiger partial charge in [-0.1, -0.05) is 25.2 Å². The molecule has 4 aliphatic heterocycles. The molecule has 0 spiro atoms. The Balaban J connectivity index is 1.47. The molecule has 0 saturated carbocycles. The SMILES string of the molecule is CC1C(SC2C[C@@H](/C=C/N3CC=CC3)N(C)C2)=C(C(=O)O)N2C(=O)[C@H]([C@@H](C)O)C12. The van der Waals surface area contributed by atoms with Crippen molar-refractivity contribution in [1.82, 2.24) is 14.7 Å². The summed E-state index contributed by atoms with van der Waals surface area (Å²) in [5, 5.41) is 20.0. The van der Waals surface area contributed by atoms with Crippen LogP contribution >= 0.6 is 11.8 Å². The largest absolute Gasteiger partial charge is 0.477 e. The lowest BCUT2D eigenvalue weighted by Crippen LogP contribution is -2.63. The number of aliphatic carboxylic acids is 1. The van der Waals surface area contributed by atoms with Crippen LogP contribution in [0.1, 0.15) is 20.3 Å². The van der Waals surface area contributed by atoms with Crippen LogP contribution in [-0.2, 0) is 9.59 Å². The molecule has 29 heavy (non-hydrogen) atoms. The molecule has 2 fully saturated rings. The zero-order valence-electron chi connectivity index (χ0n) is 17.1. The molecule has 0 aromatic heterocycles. The number of rotatable bonds is 6. The van der Waals surface area contributed by atoms with Crippen LogP contribution in [0.25, 0.3) is 0 Å². The second-order valence-corrected chi connectivity index (χ2v) is 9.86. The van der Waals surface area contributed by atoms with Gasteiger partial charge in [0.1, 0.15) is 5.70 Å². The molecule has 0 aromatic rings. The number of likely N-dealkylation sites (N-methyl/N-ethyl adjacent to an activating group) is 1. The van der Waals surface area contributed by atoms with Crippen LogP contribution in [0.15, 0.2) is 35.0 Å². The Hall–Kier alpha value is -1.77. The maximum atomic E-state index is 12.5. The third-order valence-corrected chi connectivity index (χ3v) is 8.03. The molecule has 2 saturated heterocycles. The number of aliphatic hydroxyl groups excluding tert-OH is 1. The first kappa shape index (κ1) is 20.5. The van der Waals surface area contributed by atoms with E-state index < -0.39 is 18.0 Å². The molecule has 0 bridgehead atoms. The Morgan fingerprint density at radius 2 is 2.03 bits per heavy atom. The van der Waals surface area contributed by atoms with E-state index in [-0.39, 0.29) is 28.8 Å². The minimum absolute atomic E-state index is 0.0704. The number of carboxylic acid groups (broad SMARTS) is 1. The summed E-state index contributed by atoms with van der Waals surface area (Å²) >= 11 is 1.61. The van der Waals surface area contributed by atoms with E-state index in [0.29, 0.717) is 6.04 Å². The molecule has 8 heteroatoms. The van der Waals surface area contributed by atoms with Crippen LogP contribution in [-0.4, -0.2) is 86.9 Å². The summed E-state index contributed by atoms with van der Waals surface area (Å²) in [4.78, 5) is 31.2. The molecule has 4 rings (SSSR count). The number of amides is 1. The fourth-order valence-corrected chi connectivity index (χ4v) is 6.60. The van der Waals surface area contributed by atoms with Gasteiger partial charge < -0.3 is 20.0 Å². The van der Waals surface area contributed by atoms with Gasteiger partial charge in [0.05, 0.1) is 18.1 Å². The smallest absolute Gasteiger partial charge is 0.353 e. The number of β-lactam (4-membered cyclic amide) rings is 1. The number of likely N-dealkylation sites (tertiary alicyclic amines) is 1.